The van der Waals surface area contributed by atoms with Crippen molar-refractivity contribution in [1.82, 2.24) is 5.32 Å². The molecule has 0 spiro atoms. The van der Waals surface area contributed by atoms with E-state index in [9.17, 15) is 8.78 Å². The predicted molar refractivity (Wildman–Crippen MR) is 71.7 cm³/mol. The molecule has 4 unspecified atom stereocenters. The molecule has 0 amide bonds. The third-order valence-electron chi connectivity index (χ3n) is 5.00. The molecule has 2 aliphatic rings. The molecule has 1 aromatic rings. The van der Waals surface area contributed by atoms with E-state index in [-0.39, 0.29) is 11.6 Å². The molecule has 2 fully saturated rings. The largest absolute Gasteiger partial charge is 0.310 e. The fourth-order valence-electron chi connectivity index (χ4n) is 3.98. The summed E-state index contributed by atoms with van der Waals surface area (Å²) in [4.78, 5) is 0. The second-order valence-corrected chi connectivity index (χ2v) is 6.20. The molecule has 1 N–H and O–H groups in total. The Kier molecular flexibility index (Phi) is 3.57. The Bertz CT molecular complexity index is 440. The average molecular weight is 265 g/mol. The second kappa shape index (κ2) is 5.20. The van der Waals surface area contributed by atoms with Gasteiger partial charge in [0.05, 0.1) is 0 Å². The first kappa shape index (κ1) is 13.0. The van der Waals surface area contributed by atoms with Crippen LogP contribution in [0.2, 0.25) is 0 Å². The SMILES string of the molecule is CC(NCC1CC2CCC1C2)c1c(F)cccc1F. The maximum absolute atomic E-state index is 13.7. The summed E-state index contributed by atoms with van der Waals surface area (Å²) in [7, 11) is 0. The minimum absolute atomic E-state index is 0.172. The van der Waals surface area contributed by atoms with Gasteiger partial charge in [0.15, 0.2) is 0 Å². The van der Waals surface area contributed by atoms with Crippen LogP contribution in [0.4, 0.5) is 8.78 Å². The fraction of sp³-hybridized carbons (Fsp3) is 0.625. The summed E-state index contributed by atoms with van der Waals surface area (Å²) in [5, 5.41) is 3.33. The Balaban J connectivity index is 1.61. The van der Waals surface area contributed by atoms with Crippen molar-refractivity contribution in [3.63, 3.8) is 0 Å². The monoisotopic (exact) mass is 265 g/mol. The summed E-state index contributed by atoms with van der Waals surface area (Å²) in [5.74, 6) is 1.56. The normalized spacial score (nSPS) is 30.8. The Morgan fingerprint density at radius 3 is 2.53 bits per heavy atom. The lowest BCUT2D eigenvalue weighted by atomic mass is 9.88. The van der Waals surface area contributed by atoms with E-state index < -0.39 is 11.6 Å². The van der Waals surface area contributed by atoms with E-state index in [1.54, 1.807) is 0 Å². The number of nitrogens with one attached hydrogen (secondary N) is 1. The first-order chi connectivity index (χ1) is 9.15. The molecule has 1 nitrogen and oxygen atoms in total. The number of hydrogen-bond donors (Lipinski definition) is 1. The number of fused-ring (bicyclic) bond motifs is 2. The van der Waals surface area contributed by atoms with Gasteiger partial charge in [0.1, 0.15) is 11.6 Å². The van der Waals surface area contributed by atoms with E-state index in [0.29, 0.717) is 5.92 Å². The molecule has 104 valence electrons. The van der Waals surface area contributed by atoms with Gasteiger partial charge in [-0.05, 0) is 62.6 Å². The van der Waals surface area contributed by atoms with Crippen molar-refractivity contribution in [3.8, 4) is 0 Å². The Morgan fingerprint density at radius 1 is 1.21 bits per heavy atom. The molecule has 0 aliphatic heterocycles. The van der Waals surface area contributed by atoms with E-state index in [0.717, 1.165) is 18.4 Å². The minimum atomic E-state index is -0.451. The number of halogens is 2. The molecule has 2 aliphatic carbocycles. The molecule has 2 bridgehead atoms. The highest BCUT2D eigenvalue weighted by atomic mass is 19.1. The quantitative estimate of drug-likeness (QED) is 0.866. The van der Waals surface area contributed by atoms with Crippen LogP contribution in [0.15, 0.2) is 18.2 Å². The zero-order valence-electron chi connectivity index (χ0n) is 11.3. The van der Waals surface area contributed by atoms with Crippen LogP contribution in [0, 0.1) is 29.4 Å². The van der Waals surface area contributed by atoms with Gasteiger partial charge < -0.3 is 5.32 Å². The maximum Gasteiger partial charge on any atom is 0.130 e. The highest BCUT2D eigenvalue weighted by Crippen LogP contribution is 2.48. The van der Waals surface area contributed by atoms with E-state index in [1.807, 2.05) is 6.92 Å². The zero-order chi connectivity index (χ0) is 13.4. The molecule has 4 atom stereocenters. The van der Waals surface area contributed by atoms with Gasteiger partial charge in [-0.1, -0.05) is 12.5 Å². The van der Waals surface area contributed by atoms with Crippen LogP contribution in [0.3, 0.4) is 0 Å². The highest BCUT2D eigenvalue weighted by Gasteiger charge is 2.39. The summed E-state index contributed by atoms with van der Waals surface area (Å²) in [6, 6.07) is 3.80. The van der Waals surface area contributed by atoms with Gasteiger partial charge in [0.25, 0.3) is 0 Å². The van der Waals surface area contributed by atoms with E-state index >= 15 is 0 Å². The van der Waals surface area contributed by atoms with Crippen LogP contribution in [0.1, 0.15) is 44.2 Å². The van der Waals surface area contributed by atoms with Gasteiger partial charge >= 0.3 is 0 Å². The van der Waals surface area contributed by atoms with Crippen molar-refractivity contribution in [2.24, 2.45) is 17.8 Å². The summed E-state index contributed by atoms with van der Waals surface area (Å²) in [5.41, 5.74) is 0.172. The first-order valence-corrected chi connectivity index (χ1v) is 7.32. The summed E-state index contributed by atoms with van der Waals surface area (Å²) in [6.07, 6.45) is 5.40. The molecule has 1 aromatic carbocycles. The van der Waals surface area contributed by atoms with E-state index in [1.165, 1.54) is 43.9 Å². The zero-order valence-corrected chi connectivity index (χ0v) is 11.3. The maximum atomic E-state index is 13.7. The molecule has 0 heterocycles. The smallest absolute Gasteiger partial charge is 0.130 e. The summed E-state index contributed by atoms with van der Waals surface area (Å²) < 4.78 is 27.3. The van der Waals surface area contributed by atoms with Gasteiger partial charge in [-0.25, -0.2) is 8.78 Å². The van der Waals surface area contributed by atoms with Gasteiger partial charge in [0, 0.05) is 11.6 Å². The standard InChI is InChI=1S/C16H21F2N/c1-10(16-14(17)3-2-4-15(16)18)19-9-13-8-11-5-6-12(13)7-11/h2-4,10-13,19H,5-9H2,1H3. The van der Waals surface area contributed by atoms with Gasteiger partial charge in [-0.15, -0.1) is 0 Å². The Hall–Kier alpha value is -0.960. The molecular formula is C16H21F2N. The summed E-state index contributed by atoms with van der Waals surface area (Å²) >= 11 is 0. The third-order valence-corrected chi connectivity index (χ3v) is 5.00. The predicted octanol–water partition coefficient (Wildman–Crippen LogP) is 4.05. The molecule has 0 radical (unpaired) electrons. The third kappa shape index (κ3) is 2.53. The van der Waals surface area contributed by atoms with Crippen LogP contribution in [-0.2, 0) is 0 Å². The van der Waals surface area contributed by atoms with Crippen LogP contribution >= 0.6 is 0 Å². The highest BCUT2D eigenvalue weighted by molar-refractivity contribution is 5.22. The fourth-order valence-corrected chi connectivity index (χ4v) is 3.98. The molecule has 2 saturated carbocycles. The van der Waals surface area contributed by atoms with Crippen molar-refractivity contribution < 1.29 is 8.78 Å². The van der Waals surface area contributed by atoms with Crippen molar-refractivity contribution in [2.45, 2.75) is 38.6 Å². The first-order valence-electron chi connectivity index (χ1n) is 7.32. The number of benzene rings is 1. The number of hydrogen-bond acceptors (Lipinski definition) is 1. The topological polar surface area (TPSA) is 12.0 Å². The molecule has 3 rings (SSSR count). The van der Waals surface area contributed by atoms with Gasteiger partial charge in [0.2, 0.25) is 0 Å². The van der Waals surface area contributed by atoms with Crippen molar-refractivity contribution in [2.75, 3.05) is 6.54 Å². The number of rotatable bonds is 4. The van der Waals surface area contributed by atoms with Crippen LogP contribution in [-0.4, -0.2) is 6.54 Å². The van der Waals surface area contributed by atoms with E-state index in [4.69, 9.17) is 0 Å². The second-order valence-electron chi connectivity index (χ2n) is 6.20. The van der Waals surface area contributed by atoms with Crippen LogP contribution in [0.5, 0.6) is 0 Å². The molecule has 3 heteroatoms. The Labute approximate surface area is 113 Å². The minimum Gasteiger partial charge on any atom is -0.310 e. The molecule has 19 heavy (non-hydrogen) atoms. The van der Waals surface area contributed by atoms with Crippen LogP contribution < -0.4 is 5.32 Å². The van der Waals surface area contributed by atoms with Gasteiger partial charge in [-0.2, -0.15) is 0 Å². The van der Waals surface area contributed by atoms with E-state index in [2.05, 4.69) is 5.32 Å². The van der Waals surface area contributed by atoms with Crippen molar-refractivity contribution >= 4 is 0 Å². The lowest BCUT2D eigenvalue weighted by Gasteiger charge is -2.24. The lowest BCUT2D eigenvalue weighted by Crippen LogP contribution is -2.29. The molecule has 0 saturated heterocycles. The van der Waals surface area contributed by atoms with Gasteiger partial charge in [-0.3, -0.25) is 0 Å². The van der Waals surface area contributed by atoms with Crippen molar-refractivity contribution in [1.29, 1.82) is 0 Å². The average Bonchev–Trinajstić information content (AvgIpc) is 2.98. The van der Waals surface area contributed by atoms with Crippen molar-refractivity contribution in [3.05, 3.63) is 35.4 Å². The molecule has 0 aromatic heterocycles. The van der Waals surface area contributed by atoms with Crippen LogP contribution in [0.25, 0.3) is 0 Å². The summed E-state index contributed by atoms with van der Waals surface area (Å²) in [6.45, 7) is 2.73. The molecular weight excluding hydrogens is 244 g/mol. The Morgan fingerprint density at radius 2 is 1.95 bits per heavy atom. The lowest BCUT2D eigenvalue weighted by molar-refractivity contribution is 0.307.